The number of rotatable bonds is 9. The summed E-state index contributed by atoms with van der Waals surface area (Å²) in [7, 11) is 0. The van der Waals surface area contributed by atoms with Crippen LogP contribution in [0.5, 0.6) is 0 Å². The number of carbonyl (C=O) groups is 2. The lowest BCUT2D eigenvalue weighted by atomic mass is 9.72. The van der Waals surface area contributed by atoms with Crippen LogP contribution in [0, 0.1) is 16.7 Å². The number of carbonyl (C=O) groups excluding carboxylic acids is 2. The number of hydrogen-bond acceptors (Lipinski definition) is 5. The molecule has 1 N–H and O–H groups in total. The Kier molecular flexibility index (Phi) is 10.2. The lowest BCUT2D eigenvalue weighted by Crippen LogP contribution is -2.38. The molecule has 0 aromatic heterocycles. The highest BCUT2D eigenvalue weighted by molar-refractivity contribution is 5.73. The van der Waals surface area contributed by atoms with Crippen molar-refractivity contribution in [2.45, 2.75) is 100 Å². The van der Waals surface area contributed by atoms with Crippen LogP contribution in [0.3, 0.4) is 0 Å². The molecule has 0 aliphatic heterocycles. The van der Waals surface area contributed by atoms with Gasteiger partial charge in [0.15, 0.2) is 0 Å². The van der Waals surface area contributed by atoms with Crippen LogP contribution in [0.25, 0.3) is 0 Å². The van der Waals surface area contributed by atoms with Crippen molar-refractivity contribution in [1.29, 1.82) is 0 Å². The van der Waals surface area contributed by atoms with Gasteiger partial charge in [0.1, 0.15) is 12.2 Å². The first-order chi connectivity index (χ1) is 12.8. The second-order valence-electron chi connectivity index (χ2n) is 11.6. The van der Waals surface area contributed by atoms with Gasteiger partial charge in [-0.05, 0) is 51.9 Å². The Morgan fingerprint density at radius 1 is 0.862 bits per heavy atom. The van der Waals surface area contributed by atoms with Gasteiger partial charge in [-0.2, -0.15) is 0 Å². The SMILES string of the molecule is CC(C)(C)CC(C(=O)OCCNC(=O)OC(C)(C)CCOC(C)(C)C)C(C)(C)C. The summed E-state index contributed by atoms with van der Waals surface area (Å²) in [6.45, 7) is 23.0. The number of ether oxygens (including phenoxy) is 3. The van der Waals surface area contributed by atoms with Gasteiger partial charge in [0, 0.05) is 6.42 Å². The van der Waals surface area contributed by atoms with Crippen molar-refractivity contribution in [1.82, 2.24) is 5.32 Å². The highest BCUT2D eigenvalue weighted by atomic mass is 16.6. The Morgan fingerprint density at radius 3 is 1.86 bits per heavy atom. The molecule has 0 aromatic carbocycles. The van der Waals surface area contributed by atoms with Crippen LogP contribution in [0.2, 0.25) is 0 Å². The maximum Gasteiger partial charge on any atom is 0.407 e. The van der Waals surface area contributed by atoms with Gasteiger partial charge in [0.05, 0.1) is 24.7 Å². The molecule has 0 aromatic rings. The Labute approximate surface area is 178 Å². The molecule has 0 radical (unpaired) electrons. The largest absolute Gasteiger partial charge is 0.464 e. The summed E-state index contributed by atoms with van der Waals surface area (Å²) in [4.78, 5) is 24.6. The van der Waals surface area contributed by atoms with Gasteiger partial charge in [-0.25, -0.2) is 4.79 Å². The van der Waals surface area contributed by atoms with Crippen LogP contribution in [0.1, 0.15) is 89.0 Å². The monoisotopic (exact) mass is 415 g/mol. The number of alkyl carbamates (subject to hydrolysis) is 1. The van der Waals surface area contributed by atoms with E-state index in [0.29, 0.717) is 13.0 Å². The summed E-state index contributed by atoms with van der Waals surface area (Å²) < 4.78 is 16.6. The molecule has 0 saturated carbocycles. The van der Waals surface area contributed by atoms with E-state index in [2.05, 4.69) is 26.1 Å². The van der Waals surface area contributed by atoms with Gasteiger partial charge in [-0.15, -0.1) is 0 Å². The Balaban J connectivity index is 4.37. The highest BCUT2D eigenvalue weighted by Gasteiger charge is 2.35. The lowest BCUT2D eigenvalue weighted by molar-refractivity contribution is -0.153. The van der Waals surface area contributed by atoms with E-state index in [-0.39, 0.29) is 41.5 Å². The summed E-state index contributed by atoms with van der Waals surface area (Å²) in [5.74, 6) is -0.418. The first kappa shape index (κ1) is 27.7. The smallest absolute Gasteiger partial charge is 0.407 e. The summed E-state index contributed by atoms with van der Waals surface area (Å²) >= 11 is 0. The molecule has 0 heterocycles. The fraction of sp³-hybridized carbons (Fsp3) is 0.913. The predicted octanol–water partition coefficient (Wildman–Crippen LogP) is 5.34. The second kappa shape index (κ2) is 10.6. The van der Waals surface area contributed by atoms with E-state index < -0.39 is 11.7 Å². The minimum absolute atomic E-state index is 0.0291. The van der Waals surface area contributed by atoms with E-state index in [1.165, 1.54) is 0 Å². The summed E-state index contributed by atoms with van der Waals surface area (Å²) in [6.07, 6.45) is 0.811. The third kappa shape index (κ3) is 14.3. The van der Waals surface area contributed by atoms with Crippen molar-refractivity contribution in [2.24, 2.45) is 16.7 Å². The Bertz CT molecular complexity index is 521. The molecule has 29 heavy (non-hydrogen) atoms. The molecule has 0 spiro atoms. The fourth-order valence-electron chi connectivity index (χ4n) is 2.70. The molecular weight excluding hydrogens is 370 g/mol. The number of hydrogen-bond donors (Lipinski definition) is 1. The predicted molar refractivity (Wildman–Crippen MR) is 117 cm³/mol. The standard InChI is InChI=1S/C23H45NO5/c1-20(2,3)16-17(21(4,5)6)18(25)27-15-13-24-19(26)29-23(10,11)12-14-28-22(7,8)9/h17H,12-16H2,1-11H3,(H,24,26). The first-order valence-electron chi connectivity index (χ1n) is 10.6. The van der Waals surface area contributed by atoms with Crippen LogP contribution in [0.15, 0.2) is 0 Å². The van der Waals surface area contributed by atoms with Crippen molar-refractivity contribution in [2.75, 3.05) is 19.8 Å². The zero-order valence-corrected chi connectivity index (χ0v) is 20.7. The van der Waals surface area contributed by atoms with E-state index in [1.54, 1.807) is 0 Å². The quantitative estimate of drug-likeness (QED) is 0.406. The molecule has 172 valence electrons. The van der Waals surface area contributed by atoms with E-state index >= 15 is 0 Å². The molecule has 6 nitrogen and oxygen atoms in total. The van der Waals surface area contributed by atoms with Crippen LogP contribution in [-0.4, -0.2) is 43.0 Å². The van der Waals surface area contributed by atoms with Gasteiger partial charge in [0.2, 0.25) is 0 Å². The molecule has 0 fully saturated rings. The molecule has 0 rings (SSSR count). The summed E-state index contributed by atoms with van der Waals surface area (Å²) in [5.41, 5.74) is -1.02. The van der Waals surface area contributed by atoms with Gasteiger partial charge in [-0.3, -0.25) is 4.79 Å². The molecule has 0 aliphatic rings. The number of amides is 1. The molecule has 0 bridgehead atoms. The van der Waals surface area contributed by atoms with Crippen molar-refractivity contribution >= 4 is 12.1 Å². The van der Waals surface area contributed by atoms with Gasteiger partial charge in [-0.1, -0.05) is 41.5 Å². The van der Waals surface area contributed by atoms with Gasteiger partial charge < -0.3 is 19.5 Å². The third-order valence-corrected chi connectivity index (χ3v) is 4.37. The first-order valence-corrected chi connectivity index (χ1v) is 10.6. The summed E-state index contributed by atoms with van der Waals surface area (Å²) in [5, 5.41) is 2.65. The van der Waals surface area contributed by atoms with Crippen LogP contribution in [-0.2, 0) is 19.0 Å². The zero-order valence-electron chi connectivity index (χ0n) is 20.7. The third-order valence-electron chi connectivity index (χ3n) is 4.37. The van der Waals surface area contributed by atoms with Crippen molar-refractivity contribution < 1.29 is 23.8 Å². The molecule has 1 atom stereocenters. The maximum atomic E-state index is 12.6. The Hall–Kier alpha value is -1.30. The normalized spacial score (nSPS) is 14.3. The van der Waals surface area contributed by atoms with Gasteiger partial charge in [0.25, 0.3) is 0 Å². The van der Waals surface area contributed by atoms with Crippen LogP contribution < -0.4 is 5.32 Å². The van der Waals surface area contributed by atoms with E-state index in [1.807, 2.05) is 55.4 Å². The minimum Gasteiger partial charge on any atom is -0.464 e. The van der Waals surface area contributed by atoms with Crippen LogP contribution >= 0.6 is 0 Å². The second-order valence-corrected chi connectivity index (χ2v) is 11.6. The number of nitrogens with one attached hydrogen (secondary N) is 1. The highest BCUT2D eigenvalue weighted by Crippen LogP contribution is 2.36. The zero-order chi connectivity index (χ0) is 23.1. The van der Waals surface area contributed by atoms with E-state index in [0.717, 1.165) is 6.42 Å². The average Bonchev–Trinajstić information content (AvgIpc) is 2.44. The van der Waals surface area contributed by atoms with Crippen molar-refractivity contribution in [3.8, 4) is 0 Å². The summed E-state index contributed by atoms with van der Waals surface area (Å²) in [6, 6.07) is 0. The molecule has 1 unspecified atom stereocenters. The molecule has 0 aliphatic carbocycles. The van der Waals surface area contributed by atoms with E-state index in [4.69, 9.17) is 14.2 Å². The van der Waals surface area contributed by atoms with Gasteiger partial charge >= 0.3 is 12.1 Å². The topological polar surface area (TPSA) is 73.9 Å². The molecule has 6 heteroatoms. The minimum atomic E-state index is -0.643. The molecule has 0 saturated heterocycles. The van der Waals surface area contributed by atoms with Crippen LogP contribution in [0.4, 0.5) is 4.79 Å². The lowest BCUT2D eigenvalue weighted by Gasteiger charge is -2.33. The molecule has 1 amide bonds. The maximum absolute atomic E-state index is 12.6. The molecular formula is C23H45NO5. The fourth-order valence-corrected chi connectivity index (χ4v) is 2.70. The number of esters is 1. The Morgan fingerprint density at radius 2 is 1.41 bits per heavy atom. The van der Waals surface area contributed by atoms with Crippen molar-refractivity contribution in [3.63, 3.8) is 0 Å². The average molecular weight is 416 g/mol. The van der Waals surface area contributed by atoms with E-state index in [9.17, 15) is 9.59 Å². The van der Waals surface area contributed by atoms with Crippen molar-refractivity contribution in [3.05, 3.63) is 0 Å².